The number of hydrogen-bond donors (Lipinski definition) is 0. The Kier molecular flexibility index (Phi) is 7.44. The lowest BCUT2D eigenvalue weighted by Gasteiger charge is -2.24. The molecule has 2 heterocycles. The number of nitro benzene ring substituents is 1. The number of non-ortho nitro benzene ring substituents is 1. The molecule has 3 aromatic rings. The minimum atomic E-state index is -0.725. The first kappa shape index (κ1) is 25.1. The van der Waals surface area contributed by atoms with E-state index in [4.69, 9.17) is 9.47 Å². The number of benzene rings is 2. The number of nitro groups is 1. The van der Waals surface area contributed by atoms with Crippen LogP contribution >= 0.6 is 11.3 Å². The summed E-state index contributed by atoms with van der Waals surface area (Å²) in [6.07, 6.45) is 3.63. The maximum atomic E-state index is 13.6. The summed E-state index contributed by atoms with van der Waals surface area (Å²) in [6.45, 7) is 4.42. The van der Waals surface area contributed by atoms with Crippen molar-refractivity contribution in [1.82, 2.24) is 4.57 Å². The number of hydrogen-bond acceptors (Lipinski definition) is 8. The van der Waals surface area contributed by atoms with Gasteiger partial charge in [-0.25, -0.2) is 9.79 Å². The fourth-order valence-corrected chi connectivity index (χ4v) is 4.98. The molecule has 10 heteroatoms. The van der Waals surface area contributed by atoms with E-state index in [0.29, 0.717) is 33.0 Å². The monoisotopic (exact) mass is 507 g/mol. The lowest BCUT2D eigenvalue weighted by atomic mass is 9.96. The highest BCUT2D eigenvalue weighted by molar-refractivity contribution is 7.07. The van der Waals surface area contributed by atoms with Crippen molar-refractivity contribution >= 4 is 29.1 Å². The number of carbonyl (C=O) groups excluding carboxylic acids is 1. The highest BCUT2D eigenvalue weighted by Gasteiger charge is 2.33. The zero-order valence-electron chi connectivity index (χ0n) is 20.1. The number of allylic oxidation sites excluding steroid dienone is 1. The van der Waals surface area contributed by atoms with Gasteiger partial charge in [0.25, 0.3) is 11.2 Å². The summed E-state index contributed by atoms with van der Waals surface area (Å²) in [5.74, 6) is 0.146. The van der Waals surface area contributed by atoms with Crippen LogP contribution in [-0.4, -0.2) is 29.2 Å². The largest absolute Gasteiger partial charge is 0.494 e. The van der Waals surface area contributed by atoms with Crippen LogP contribution in [0.15, 0.2) is 69.6 Å². The first-order chi connectivity index (χ1) is 17.3. The van der Waals surface area contributed by atoms with Crippen molar-refractivity contribution < 1.29 is 19.2 Å². The van der Waals surface area contributed by atoms with Crippen molar-refractivity contribution in [3.05, 3.63) is 101 Å². The van der Waals surface area contributed by atoms with Crippen LogP contribution < -0.4 is 19.6 Å². The van der Waals surface area contributed by atoms with Crippen LogP contribution in [0.25, 0.3) is 6.08 Å². The van der Waals surface area contributed by atoms with Gasteiger partial charge in [-0.3, -0.25) is 19.5 Å². The number of fused-ring (bicyclic) bond motifs is 1. The van der Waals surface area contributed by atoms with E-state index < -0.39 is 16.9 Å². The molecule has 1 aliphatic heterocycles. The third-order valence-corrected chi connectivity index (χ3v) is 6.77. The third kappa shape index (κ3) is 4.99. The molecule has 0 amide bonds. The maximum absolute atomic E-state index is 13.6. The summed E-state index contributed by atoms with van der Waals surface area (Å²) < 4.78 is 12.7. The van der Waals surface area contributed by atoms with Crippen LogP contribution in [0.5, 0.6) is 5.75 Å². The van der Waals surface area contributed by atoms with Crippen LogP contribution in [0, 0.1) is 10.1 Å². The van der Waals surface area contributed by atoms with Crippen LogP contribution in [0.2, 0.25) is 0 Å². The lowest BCUT2D eigenvalue weighted by molar-refractivity contribution is -0.384. The molecular formula is C26H25N3O6S. The van der Waals surface area contributed by atoms with Crippen LogP contribution in [0.4, 0.5) is 5.69 Å². The smallest absolute Gasteiger partial charge is 0.338 e. The number of methoxy groups -OCH3 is 1. The molecule has 4 rings (SSSR count). The molecule has 1 aliphatic rings. The number of unbranched alkanes of at least 4 members (excludes halogenated alkanes) is 1. The Labute approximate surface area is 210 Å². The molecule has 0 saturated carbocycles. The van der Waals surface area contributed by atoms with Gasteiger partial charge in [0.05, 0.1) is 40.5 Å². The number of carbonyl (C=O) groups is 1. The fraction of sp³-hybridized carbons (Fsp3) is 0.269. The van der Waals surface area contributed by atoms with Crippen LogP contribution in [0.3, 0.4) is 0 Å². The highest BCUT2D eigenvalue weighted by atomic mass is 32.1. The molecule has 0 radical (unpaired) electrons. The van der Waals surface area contributed by atoms with E-state index in [1.807, 2.05) is 24.3 Å². The van der Waals surface area contributed by atoms with E-state index >= 15 is 0 Å². The molecule has 0 aliphatic carbocycles. The number of rotatable bonds is 8. The predicted molar refractivity (Wildman–Crippen MR) is 136 cm³/mol. The molecule has 1 unspecified atom stereocenters. The number of thiazole rings is 1. The van der Waals surface area contributed by atoms with E-state index in [0.717, 1.165) is 18.4 Å². The molecule has 0 bridgehead atoms. The summed E-state index contributed by atoms with van der Waals surface area (Å²) in [5.41, 5.74) is 1.76. The Morgan fingerprint density at radius 2 is 1.89 bits per heavy atom. The van der Waals surface area contributed by atoms with E-state index in [-0.39, 0.29) is 16.8 Å². The van der Waals surface area contributed by atoms with Gasteiger partial charge in [-0.1, -0.05) is 36.8 Å². The molecule has 186 valence electrons. The summed E-state index contributed by atoms with van der Waals surface area (Å²) in [6, 6.07) is 12.5. The van der Waals surface area contributed by atoms with Gasteiger partial charge in [-0.15, -0.1) is 0 Å². The normalized spacial score (nSPS) is 15.3. The van der Waals surface area contributed by atoms with Crippen LogP contribution in [-0.2, 0) is 9.53 Å². The zero-order chi connectivity index (χ0) is 25.8. The Bertz CT molecular complexity index is 1500. The third-order valence-electron chi connectivity index (χ3n) is 5.79. The minimum absolute atomic E-state index is 0.0333. The lowest BCUT2D eigenvalue weighted by Crippen LogP contribution is -2.39. The van der Waals surface area contributed by atoms with Gasteiger partial charge in [0.1, 0.15) is 5.75 Å². The molecule has 0 N–H and O–H groups in total. The number of ether oxygens (including phenoxy) is 2. The van der Waals surface area contributed by atoms with Gasteiger partial charge in [0.2, 0.25) is 0 Å². The molecule has 0 spiro atoms. The molecule has 2 aromatic carbocycles. The van der Waals surface area contributed by atoms with Crippen molar-refractivity contribution in [2.24, 2.45) is 4.99 Å². The molecule has 36 heavy (non-hydrogen) atoms. The summed E-state index contributed by atoms with van der Waals surface area (Å²) in [5, 5.41) is 10.9. The molecule has 9 nitrogen and oxygen atoms in total. The van der Waals surface area contributed by atoms with Gasteiger partial charge in [0, 0.05) is 12.1 Å². The highest BCUT2D eigenvalue weighted by Crippen LogP contribution is 2.31. The van der Waals surface area contributed by atoms with E-state index in [9.17, 15) is 19.7 Å². The fourth-order valence-electron chi connectivity index (χ4n) is 3.93. The number of nitrogens with zero attached hydrogens (tertiary/aromatic N) is 3. The average Bonchev–Trinajstić information content (AvgIpc) is 3.18. The first-order valence-electron chi connectivity index (χ1n) is 11.4. The standard InChI is InChI=1S/C26H25N3O6S/c1-4-5-14-35-20-12-8-18(9-13-20)23-22(25(31)34-3)16(2)27-26-28(23)24(30)21(36-26)15-17-6-10-19(11-7-17)29(32)33/h6-13,15,23H,4-5,14H2,1-3H3. The van der Waals surface area contributed by atoms with Crippen molar-refractivity contribution in [1.29, 1.82) is 0 Å². The zero-order valence-corrected chi connectivity index (χ0v) is 20.9. The molecular weight excluding hydrogens is 482 g/mol. The van der Waals surface area contributed by atoms with Gasteiger partial charge < -0.3 is 9.47 Å². The van der Waals surface area contributed by atoms with Crippen molar-refractivity contribution in [3.63, 3.8) is 0 Å². The molecule has 1 atom stereocenters. The maximum Gasteiger partial charge on any atom is 0.338 e. The summed E-state index contributed by atoms with van der Waals surface area (Å²) >= 11 is 1.19. The molecule has 0 fully saturated rings. The van der Waals surface area contributed by atoms with E-state index in [2.05, 4.69) is 11.9 Å². The second-order valence-electron chi connectivity index (χ2n) is 8.19. The van der Waals surface area contributed by atoms with Gasteiger partial charge in [-0.05, 0) is 54.8 Å². The quantitative estimate of drug-likeness (QED) is 0.200. The Morgan fingerprint density at radius 3 is 2.50 bits per heavy atom. The second kappa shape index (κ2) is 10.7. The van der Waals surface area contributed by atoms with Gasteiger partial charge >= 0.3 is 5.97 Å². The van der Waals surface area contributed by atoms with Crippen LogP contribution in [0.1, 0.15) is 43.9 Å². The average molecular weight is 508 g/mol. The predicted octanol–water partition coefficient (Wildman–Crippen LogP) is 3.50. The second-order valence-corrected chi connectivity index (χ2v) is 9.20. The Balaban J connectivity index is 1.81. The van der Waals surface area contributed by atoms with Crippen molar-refractivity contribution in [2.75, 3.05) is 13.7 Å². The minimum Gasteiger partial charge on any atom is -0.494 e. The topological polar surface area (TPSA) is 113 Å². The Hall–Kier alpha value is -4.05. The van der Waals surface area contributed by atoms with Crippen molar-refractivity contribution in [2.45, 2.75) is 32.7 Å². The molecule has 0 saturated heterocycles. The Morgan fingerprint density at radius 1 is 1.19 bits per heavy atom. The van der Waals surface area contributed by atoms with E-state index in [1.165, 1.54) is 35.1 Å². The van der Waals surface area contributed by atoms with Gasteiger partial charge in [0.15, 0.2) is 4.80 Å². The number of aromatic nitrogens is 1. The number of esters is 1. The first-order valence-corrected chi connectivity index (χ1v) is 12.2. The summed E-state index contributed by atoms with van der Waals surface area (Å²) in [7, 11) is 1.30. The SMILES string of the molecule is CCCCOc1ccc(C2C(C(=O)OC)=C(C)N=c3sc(=Cc4ccc([N+](=O)[O-])cc4)c(=O)n32)cc1. The van der Waals surface area contributed by atoms with E-state index in [1.54, 1.807) is 25.1 Å². The molecule has 1 aromatic heterocycles. The van der Waals surface area contributed by atoms with Crippen molar-refractivity contribution in [3.8, 4) is 5.75 Å². The summed E-state index contributed by atoms with van der Waals surface area (Å²) in [4.78, 5) is 41.8. The van der Waals surface area contributed by atoms with Gasteiger partial charge in [-0.2, -0.15) is 0 Å².